The summed E-state index contributed by atoms with van der Waals surface area (Å²) in [7, 11) is -8.57. The number of aryl methyl sites for hydroxylation is 2. The van der Waals surface area contributed by atoms with E-state index >= 15 is 0 Å². The number of rotatable bonds is 6. The molecule has 3 aliphatic heterocycles. The van der Waals surface area contributed by atoms with Crippen molar-refractivity contribution in [2.45, 2.75) is 66.7 Å². The summed E-state index contributed by atoms with van der Waals surface area (Å²) in [6, 6.07) is 12.0. The van der Waals surface area contributed by atoms with Crippen molar-refractivity contribution in [2.75, 3.05) is 0 Å². The number of aliphatic hydroxyl groups is 1. The first kappa shape index (κ1) is 22.9. The number of hydrogen-bond acceptors (Lipinski definition) is 10. The van der Waals surface area contributed by atoms with Crippen molar-refractivity contribution in [3.8, 4) is 0 Å². The molecule has 0 spiro atoms. The van der Waals surface area contributed by atoms with E-state index in [2.05, 4.69) is 0 Å². The van der Waals surface area contributed by atoms with Gasteiger partial charge in [0.1, 0.15) is 36.6 Å². The van der Waals surface area contributed by atoms with Gasteiger partial charge in [-0.15, -0.1) is 0 Å². The highest BCUT2D eigenvalue weighted by atomic mass is 32.2. The SMILES string of the molecule is Cc1ccc(S(=O)(=O)OC2C3O[C@H]4OC(C(OS(=O)(=O)c5ccc(C)cc5)[C@@H]2O4)[C@H]3O)cc1. The highest BCUT2D eigenvalue weighted by Gasteiger charge is 2.64. The molecule has 4 atom stereocenters. The third kappa shape index (κ3) is 4.10. The molecule has 178 valence electrons. The van der Waals surface area contributed by atoms with E-state index in [1.807, 2.05) is 13.8 Å². The van der Waals surface area contributed by atoms with E-state index < -0.39 is 63.3 Å². The number of ether oxygens (including phenoxy) is 3. The molecule has 1 saturated carbocycles. The molecule has 3 saturated heterocycles. The molecule has 0 amide bonds. The van der Waals surface area contributed by atoms with Crippen LogP contribution in [0.3, 0.4) is 0 Å². The fourth-order valence-corrected chi connectivity index (χ4v) is 6.31. The second-order valence-electron chi connectivity index (χ2n) is 8.24. The number of hydrogen-bond donors (Lipinski definition) is 1. The molecule has 4 fully saturated rings. The Balaban J connectivity index is 1.44. The summed E-state index contributed by atoms with van der Waals surface area (Å²) in [5.74, 6) is 0. The molecule has 33 heavy (non-hydrogen) atoms. The van der Waals surface area contributed by atoms with E-state index in [1.165, 1.54) is 24.3 Å². The van der Waals surface area contributed by atoms with E-state index in [1.54, 1.807) is 24.3 Å². The summed E-state index contributed by atoms with van der Waals surface area (Å²) in [6.45, 7) is 2.42. The molecular formula is C21H22O10S2. The van der Waals surface area contributed by atoms with Gasteiger partial charge < -0.3 is 19.3 Å². The van der Waals surface area contributed by atoms with Crippen LogP contribution in [0.15, 0.2) is 58.3 Å². The van der Waals surface area contributed by atoms with Gasteiger partial charge >= 0.3 is 0 Å². The average molecular weight is 499 g/mol. The van der Waals surface area contributed by atoms with E-state index in [9.17, 15) is 21.9 Å². The molecule has 6 rings (SSSR count). The van der Waals surface area contributed by atoms with Gasteiger partial charge in [-0.05, 0) is 38.1 Å². The molecule has 1 N–H and O–H groups in total. The van der Waals surface area contributed by atoms with Crippen LogP contribution in [0, 0.1) is 13.8 Å². The quantitative estimate of drug-likeness (QED) is 0.575. The number of aliphatic hydroxyl groups excluding tert-OH is 1. The molecule has 4 aliphatic rings. The molecule has 12 heteroatoms. The summed E-state index contributed by atoms with van der Waals surface area (Å²) >= 11 is 0. The highest BCUT2D eigenvalue weighted by Crippen LogP contribution is 2.44. The smallest absolute Gasteiger partial charge is 0.297 e. The Morgan fingerprint density at radius 2 is 1.03 bits per heavy atom. The Hall–Kier alpha value is -1.90. The van der Waals surface area contributed by atoms with Crippen molar-refractivity contribution in [3.63, 3.8) is 0 Å². The predicted molar refractivity (Wildman–Crippen MR) is 111 cm³/mol. The zero-order valence-electron chi connectivity index (χ0n) is 17.6. The van der Waals surface area contributed by atoms with Gasteiger partial charge in [-0.3, -0.25) is 8.37 Å². The van der Waals surface area contributed by atoms with Crippen molar-refractivity contribution < 1.29 is 44.5 Å². The molecule has 0 radical (unpaired) electrons. The average Bonchev–Trinajstić information content (AvgIpc) is 2.76. The maximum absolute atomic E-state index is 12.9. The van der Waals surface area contributed by atoms with Crippen LogP contribution in [-0.2, 0) is 42.8 Å². The minimum absolute atomic E-state index is 0.0996. The van der Waals surface area contributed by atoms with Crippen LogP contribution < -0.4 is 0 Å². The summed E-state index contributed by atoms with van der Waals surface area (Å²) < 4.78 is 78.8. The topological polar surface area (TPSA) is 135 Å². The fraction of sp³-hybridized carbons (Fsp3) is 0.429. The van der Waals surface area contributed by atoms with Crippen molar-refractivity contribution >= 4 is 20.2 Å². The first-order valence-corrected chi connectivity index (χ1v) is 13.0. The molecule has 10 nitrogen and oxygen atoms in total. The van der Waals surface area contributed by atoms with Crippen LogP contribution in [0.2, 0.25) is 0 Å². The van der Waals surface area contributed by atoms with Crippen molar-refractivity contribution in [1.82, 2.24) is 0 Å². The van der Waals surface area contributed by atoms with Crippen LogP contribution in [0.4, 0.5) is 0 Å². The van der Waals surface area contributed by atoms with Crippen molar-refractivity contribution in [2.24, 2.45) is 0 Å². The molecular weight excluding hydrogens is 476 g/mol. The summed E-state index contributed by atoms with van der Waals surface area (Å²) in [5, 5.41) is 10.7. The fourth-order valence-electron chi connectivity index (χ4n) is 4.12. The Bertz CT molecular complexity index is 1150. The summed E-state index contributed by atoms with van der Waals surface area (Å²) in [4.78, 5) is -0.199. The Labute approximate surface area is 191 Å². The van der Waals surface area contributed by atoms with Gasteiger partial charge in [-0.1, -0.05) is 35.4 Å². The van der Waals surface area contributed by atoms with Gasteiger partial charge in [0, 0.05) is 0 Å². The molecule has 3 heterocycles. The third-order valence-electron chi connectivity index (χ3n) is 5.87. The van der Waals surface area contributed by atoms with Gasteiger partial charge in [0.15, 0.2) is 0 Å². The number of benzene rings is 2. The van der Waals surface area contributed by atoms with E-state index in [-0.39, 0.29) is 9.79 Å². The lowest BCUT2D eigenvalue weighted by Crippen LogP contribution is -2.76. The van der Waals surface area contributed by atoms with E-state index in [4.69, 9.17) is 22.6 Å². The van der Waals surface area contributed by atoms with Crippen LogP contribution in [-0.4, -0.2) is 65.0 Å². The van der Waals surface area contributed by atoms with Crippen LogP contribution in [0.25, 0.3) is 0 Å². The van der Waals surface area contributed by atoms with Crippen molar-refractivity contribution in [3.05, 3.63) is 59.7 Å². The molecule has 0 aromatic heterocycles. The molecule has 2 aromatic carbocycles. The minimum Gasteiger partial charge on any atom is -0.387 e. The lowest BCUT2D eigenvalue weighted by Gasteiger charge is -2.56. The Kier molecular flexibility index (Phi) is 5.61. The third-order valence-corrected chi connectivity index (χ3v) is 8.52. The standard InChI is InChI=1S/C21H22O10S2/c1-11-3-7-13(8-4-11)32(23,24)30-19-16-15(22)17-20(18(19)29-21(27-16)28-17)31-33(25,26)14-9-5-12(2)6-10-14/h3-10,15-22H,1-2H3/t15-,16?,17?,18+,19?,20?,21-. The zero-order valence-corrected chi connectivity index (χ0v) is 19.2. The van der Waals surface area contributed by atoms with Gasteiger partial charge in [-0.25, -0.2) is 0 Å². The second kappa shape index (κ2) is 8.10. The first-order valence-electron chi connectivity index (χ1n) is 10.2. The van der Waals surface area contributed by atoms with Crippen LogP contribution in [0.1, 0.15) is 11.1 Å². The lowest BCUT2D eigenvalue weighted by atomic mass is 9.83. The monoisotopic (exact) mass is 498 g/mol. The molecule has 2 aromatic rings. The maximum atomic E-state index is 12.9. The van der Waals surface area contributed by atoms with Gasteiger partial charge in [0.2, 0.25) is 0 Å². The summed E-state index contributed by atoms with van der Waals surface area (Å²) in [5.41, 5.74) is 1.72. The van der Waals surface area contributed by atoms with Gasteiger partial charge in [0.05, 0.1) is 9.79 Å². The van der Waals surface area contributed by atoms with Gasteiger partial charge in [-0.2, -0.15) is 16.8 Å². The molecule has 4 unspecified atom stereocenters. The van der Waals surface area contributed by atoms with Crippen LogP contribution in [0.5, 0.6) is 0 Å². The lowest BCUT2D eigenvalue weighted by molar-refractivity contribution is -0.476. The largest absolute Gasteiger partial charge is 0.387 e. The molecule has 1 aliphatic carbocycles. The second-order valence-corrected chi connectivity index (χ2v) is 11.4. The van der Waals surface area contributed by atoms with Crippen LogP contribution >= 0.6 is 0 Å². The zero-order chi connectivity index (χ0) is 23.5. The Morgan fingerprint density at radius 3 is 1.42 bits per heavy atom. The van der Waals surface area contributed by atoms with Crippen molar-refractivity contribution in [1.29, 1.82) is 0 Å². The molecule has 4 bridgehead atoms. The Morgan fingerprint density at radius 1 is 0.667 bits per heavy atom. The van der Waals surface area contributed by atoms with Gasteiger partial charge in [0.25, 0.3) is 26.7 Å². The predicted octanol–water partition coefficient (Wildman–Crippen LogP) is 0.992. The minimum atomic E-state index is -4.29. The van der Waals surface area contributed by atoms with E-state index in [0.29, 0.717) is 0 Å². The van der Waals surface area contributed by atoms with E-state index in [0.717, 1.165) is 11.1 Å². The highest BCUT2D eigenvalue weighted by molar-refractivity contribution is 7.87. The normalized spacial score (nSPS) is 33.4. The summed E-state index contributed by atoms with van der Waals surface area (Å²) in [6.07, 6.45) is -7.54. The first-order chi connectivity index (χ1) is 15.5. The maximum Gasteiger partial charge on any atom is 0.297 e.